The van der Waals surface area contributed by atoms with Crippen LogP contribution in [0.15, 0.2) is 35.4 Å². The average Bonchev–Trinajstić information content (AvgIpc) is 3.12. The number of hydrogen-bond acceptors (Lipinski definition) is 4. The average molecular weight is 344 g/mol. The molecule has 0 aliphatic heterocycles. The Hall–Kier alpha value is -2.41. The number of fused-ring (bicyclic) bond motifs is 1. The van der Waals surface area contributed by atoms with E-state index in [0.29, 0.717) is 19.7 Å². The van der Waals surface area contributed by atoms with Gasteiger partial charge in [0.1, 0.15) is 6.61 Å². The molecule has 7 heteroatoms. The molecule has 0 radical (unpaired) electrons. The second-order valence-corrected chi connectivity index (χ2v) is 6.21. The molecule has 134 valence electrons. The van der Waals surface area contributed by atoms with Gasteiger partial charge in [0.05, 0.1) is 6.54 Å². The summed E-state index contributed by atoms with van der Waals surface area (Å²) in [6.07, 6.45) is 5.98. The zero-order chi connectivity index (χ0) is 17.6. The number of nitrogens with one attached hydrogen (secondary N) is 1. The van der Waals surface area contributed by atoms with Crippen LogP contribution < -0.4 is 10.9 Å². The van der Waals surface area contributed by atoms with Gasteiger partial charge in [0.25, 0.3) is 5.56 Å². The molecule has 0 bridgehead atoms. The van der Waals surface area contributed by atoms with Crippen molar-refractivity contribution < 1.29 is 9.53 Å². The molecule has 1 aliphatic carbocycles. The first-order chi connectivity index (χ1) is 12.2. The highest BCUT2D eigenvalue weighted by Crippen LogP contribution is 2.20. The molecule has 1 atom stereocenters. The molecule has 2 aromatic rings. The van der Waals surface area contributed by atoms with E-state index in [2.05, 4.69) is 10.4 Å². The molecule has 0 saturated heterocycles. The summed E-state index contributed by atoms with van der Waals surface area (Å²) < 4.78 is 8.81. The first kappa shape index (κ1) is 17.4. The van der Waals surface area contributed by atoms with E-state index in [1.54, 1.807) is 12.3 Å². The van der Waals surface area contributed by atoms with Crippen molar-refractivity contribution in [1.82, 2.24) is 19.7 Å². The van der Waals surface area contributed by atoms with Gasteiger partial charge in [-0.1, -0.05) is 6.07 Å². The van der Waals surface area contributed by atoms with E-state index in [1.165, 1.54) is 0 Å². The van der Waals surface area contributed by atoms with Crippen LogP contribution in [0.3, 0.4) is 0 Å². The van der Waals surface area contributed by atoms with Gasteiger partial charge >= 0.3 is 0 Å². The number of aryl methyl sites for hydroxylation is 1. The minimum atomic E-state index is -0.0812. The lowest BCUT2D eigenvalue weighted by Gasteiger charge is -2.27. The third-order valence-electron chi connectivity index (χ3n) is 4.50. The minimum absolute atomic E-state index is 0.0183. The van der Waals surface area contributed by atoms with Crippen molar-refractivity contribution >= 4 is 5.91 Å². The molecule has 25 heavy (non-hydrogen) atoms. The zero-order valence-corrected chi connectivity index (χ0v) is 14.5. The number of carbonyl (C=O) groups is 1. The highest BCUT2D eigenvalue weighted by atomic mass is 16.5. The monoisotopic (exact) mass is 344 g/mol. The van der Waals surface area contributed by atoms with Crippen LogP contribution in [0.25, 0.3) is 0 Å². The van der Waals surface area contributed by atoms with E-state index in [1.807, 2.05) is 34.5 Å². The highest BCUT2D eigenvalue weighted by molar-refractivity contribution is 5.77. The number of aromatic nitrogens is 3. The molecule has 1 aliphatic rings. The molecule has 0 fully saturated rings. The van der Waals surface area contributed by atoms with E-state index in [9.17, 15) is 9.59 Å². The molecular weight excluding hydrogens is 320 g/mol. The number of amides is 1. The Labute approximate surface area is 146 Å². The maximum Gasteiger partial charge on any atom is 0.250 e. The van der Waals surface area contributed by atoms with Crippen molar-refractivity contribution in [2.24, 2.45) is 0 Å². The van der Waals surface area contributed by atoms with Crippen molar-refractivity contribution in [3.63, 3.8) is 0 Å². The Morgan fingerprint density at radius 1 is 1.40 bits per heavy atom. The van der Waals surface area contributed by atoms with Crippen LogP contribution in [0.1, 0.15) is 24.6 Å². The third kappa shape index (κ3) is 4.36. The third-order valence-corrected chi connectivity index (χ3v) is 4.50. The molecule has 3 rings (SSSR count). The van der Waals surface area contributed by atoms with E-state index in [4.69, 9.17) is 4.74 Å². The van der Waals surface area contributed by atoms with Gasteiger partial charge in [-0.05, 0) is 37.8 Å². The van der Waals surface area contributed by atoms with E-state index in [-0.39, 0.29) is 24.1 Å². The van der Waals surface area contributed by atoms with Crippen LogP contribution >= 0.6 is 0 Å². The van der Waals surface area contributed by atoms with E-state index >= 15 is 0 Å². The SMILES string of the molecule is CCOCC(=O)NC1CCc2c(ccc(=O)n2CCn2cccn2)C1. The predicted octanol–water partition coefficient (Wildman–Crippen LogP) is 0.755. The summed E-state index contributed by atoms with van der Waals surface area (Å²) in [6.45, 7) is 3.77. The van der Waals surface area contributed by atoms with Gasteiger partial charge < -0.3 is 14.6 Å². The van der Waals surface area contributed by atoms with Crippen LogP contribution in [-0.4, -0.2) is 39.5 Å². The van der Waals surface area contributed by atoms with Crippen LogP contribution in [0.2, 0.25) is 0 Å². The fraction of sp³-hybridized carbons (Fsp3) is 0.500. The Kier molecular flexibility index (Phi) is 5.65. The van der Waals surface area contributed by atoms with E-state index in [0.717, 1.165) is 30.5 Å². The molecule has 1 unspecified atom stereocenters. The van der Waals surface area contributed by atoms with Gasteiger partial charge in [-0.25, -0.2) is 0 Å². The van der Waals surface area contributed by atoms with Crippen molar-refractivity contribution in [2.75, 3.05) is 13.2 Å². The Morgan fingerprint density at radius 2 is 2.28 bits per heavy atom. The van der Waals surface area contributed by atoms with Gasteiger partial charge in [0.15, 0.2) is 0 Å². The zero-order valence-electron chi connectivity index (χ0n) is 14.5. The molecule has 1 N–H and O–H groups in total. The van der Waals surface area contributed by atoms with Crippen LogP contribution in [0.5, 0.6) is 0 Å². The summed E-state index contributed by atoms with van der Waals surface area (Å²) in [5.41, 5.74) is 2.23. The maximum atomic E-state index is 12.3. The largest absolute Gasteiger partial charge is 0.372 e. The summed E-state index contributed by atoms with van der Waals surface area (Å²) in [7, 11) is 0. The Morgan fingerprint density at radius 3 is 3.04 bits per heavy atom. The molecule has 1 amide bonds. The summed E-state index contributed by atoms with van der Waals surface area (Å²) >= 11 is 0. The van der Waals surface area contributed by atoms with Gasteiger partial charge in [-0.3, -0.25) is 14.3 Å². The van der Waals surface area contributed by atoms with Crippen molar-refractivity contribution in [3.05, 3.63) is 52.2 Å². The minimum Gasteiger partial charge on any atom is -0.372 e. The van der Waals surface area contributed by atoms with Crippen molar-refractivity contribution in [1.29, 1.82) is 0 Å². The normalized spacial score (nSPS) is 16.4. The number of nitrogens with zero attached hydrogens (tertiary/aromatic N) is 3. The maximum absolute atomic E-state index is 12.3. The van der Waals surface area contributed by atoms with Gasteiger partial charge in [-0.2, -0.15) is 5.10 Å². The second kappa shape index (κ2) is 8.11. The molecule has 2 aromatic heterocycles. The molecule has 0 spiro atoms. The lowest BCUT2D eigenvalue weighted by Crippen LogP contribution is -2.42. The molecule has 0 aromatic carbocycles. The van der Waals surface area contributed by atoms with Gasteiger partial charge in [0, 0.05) is 43.3 Å². The Bertz CT molecular complexity index is 767. The van der Waals surface area contributed by atoms with Gasteiger partial charge in [-0.15, -0.1) is 0 Å². The number of ether oxygens (including phenoxy) is 1. The van der Waals surface area contributed by atoms with E-state index < -0.39 is 0 Å². The molecule has 2 heterocycles. The van der Waals surface area contributed by atoms with Crippen LogP contribution in [0, 0.1) is 0 Å². The Balaban J connectivity index is 1.68. The van der Waals surface area contributed by atoms with Crippen LogP contribution in [0.4, 0.5) is 0 Å². The summed E-state index contributed by atoms with van der Waals surface area (Å²) in [6, 6.07) is 5.48. The van der Waals surface area contributed by atoms with Crippen molar-refractivity contribution in [2.45, 2.75) is 45.3 Å². The fourth-order valence-corrected chi connectivity index (χ4v) is 3.29. The molecule has 7 nitrogen and oxygen atoms in total. The second-order valence-electron chi connectivity index (χ2n) is 6.21. The van der Waals surface area contributed by atoms with Crippen LogP contribution in [-0.2, 0) is 35.5 Å². The lowest BCUT2D eigenvalue weighted by molar-refractivity contribution is -0.126. The standard InChI is InChI=1S/C18H24N4O3/c1-2-25-13-17(23)20-15-5-6-16-14(12-15)4-7-18(24)22(16)11-10-21-9-3-8-19-21/h3-4,7-9,15H,2,5-6,10-13H2,1H3,(H,20,23). The molecule has 0 saturated carbocycles. The molecular formula is C18H24N4O3. The summed E-state index contributed by atoms with van der Waals surface area (Å²) in [4.78, 5) is 24.1. The number of rotatable bonds is 7. The first-order valence-electron chi connectivity index (χ1n) is 8.73. The van der Waals surface area contributed by atoms with Gasteiger partial charge in [0.2, 0.25) is 5.91 Å². The fourth-order valence-electron chi connectivity index (χ4n) is 3.29. The number of hydrogen-bond donors (Lipinski definition) is 1. The predicted molar refractivity (Wildman–Crippen MR) is 93.4 cm³/mol. The lowest BCUT2D eigenvalue weighted by atomic mass is 9.91. The highest BCUT2D eigenvalue weighted by Gasteiger charge is 2.22. The number of pyridine rings is 1. The first-order valence-corrected chi connectivity index (χ1v) is 8.73. The summed E-state index contributed by atoms with van der Waals surface area (Å²) in [5.74, 6) is -0.0812. The van der Waals surface area contributed by atoms with Crippen molar-refractivity contribution in [3.8, 4) is 0 Å². The summed E-state index contributed by atoms with van der Waals surface area (Å²) in [5, 5.41) is 7.20. The number of carbonyl (C=O) groups excluding carboxylic acids is 1. The smallest absolute Gasteiger partial charge is 0.250 e. The topological polar surface area (TPSA) is 78.1 Å². The quantitative estimate of drug-likeness (QED) is 0.804.